The van der Waals surface area contributed by atoms with Gasteiger partial charge in [-0.05, 0) is 63.4 Å². The Labute approximate surface area is 173 Å². The maximum absolute atomic E-state index is 12.5. The van der Waals surface area contributed by atoms with Gasteiger partial charge in [-0.1, -0.05) is 19.9 Å². The summed E-state index contributed by atoms with van der Waals surface area (Å²) in [6, 6.07) is 5.25. The fourth-order valence-corrected chi connectivity index (χ4v) is 3.26. The monoisotopic (exact) mass is 403 g/mol. The van der Waals surface area contributed by atoms with Gasteiger partial charge in [0, 0.05) is 17.6 Å². The molecule has 2 rings (SSSR count). The smallest absolute Gasteiger partial charge is 0.337 e. The third kappa shape index (κ3) is 6.56. The van der Waals surface area contributed by atoms with Crippen LogP contribution in [0, 0.1) is 18.8 Å². The molecule has 2 N–H and O–H groups in total. The van der Waals surface area contributed by atoms with Crippen LogP contribution in [0.1, 0.15) is 49.5 Å². The third-order valence-electron chi connectivity index (χ3n) is 5.63. The second-order valence-electron chi connectivity index (χ2n) is 8.16. The summed E-state index contributed by atoms with van der Waals surface area (Å²) in [6.07, 6.45) is 1.50. The van der Waals surface area contributed by atoms with E-state index in [9.17, 15) is 14.4 Å². The number of methoxy groups -OCH3 is 1. The topological polar surface area (TPSA) is 87.7 Å². The number of carbonyl (C=O) groups excluding carboxylic acids is 3. The van der Waals surface area contributed by atoms with Gasteiger partial charge in [-0.3, -0.25) is 14.5 Å². The lowest BCUT2D eigenvalue weighted by Crippen LogP contribution is -2.45. The van der Waals surface area contributed by atoms with Crippen molar-refractivity contribution >= 4 is 23.5 Å². The fourth-order valence-electron chi connectivity index (χ4n) is 3.26. The van der Waals surface area contributed by atoms with Crippen molar-refractivity contribution in [3.05, 3.63) is 29.3 Å². The van der Waals surface area contributed by atoms with Gasteiger partial charge in [-0.15, -0.1) is 0 Å². The minimum atomic E-state index is -0.437. The number of likely N-dealkylation sites (tertiary alicyclic amines) is 1. The van der Waals surface area contributed by atoms with E-state index in [4.69, 9.17) is 4.74 Å². The third-order valence-corrected chi connectivity index (χ3v) is 5.63. The molecule has 1 aromatic rings. The molecule has 0 spiro atoms. The molecule has 0 aliphatic carbocycles. The standard InChI is InChI=1S/C22H33N3O4/c1-14(2)16(4)23-21(27)17-8-10-25(11-9-17)13-20(26)24-19-12-18(22(28)29-5)7-6-15(19)3/h6-7,12,14,16-17H,8-11,13H2,1-5H3,(H,23,27)(H,24,26). The Morgan fingerprint density at radius 2 is 1.83 bits per heavy atom. The number of esters is 1. The van der Waals surface area contributed by atoms with E-state index in [1.807, 2.05) is 13.8 Å². The molecule has 1 aliphatic heterocycles. The Morgan fingerprint density at radius 1 is 1.17 bits per heavy atom. The molecule has 29 heavy (non-hydrogen) atoms. The Kier molecular flexibility index (Phi) is 8.20. The van der Waals surface area contributed by atoms with Gasteiger partial charge in [0.25, 0.3) is 0 Å². The summed E-state index contributed by atoms with van der Waals surface area (Å²) in [5, 5.41) is 5.97. The highest BCUT2D eigenvalue weighted by Gasteiger charge is 2.27. The highest BCUT2D eigenvalue weighted by Crippen LogP contribution is 2.20. The van der Waals surface area contributed by atoms with E-state index >= 15 is 0 Å². The van der Waals surface area contributed by atoms with Crippen LogP contribution in [0.4, 0.5) is 5.69 Å². The zero-order chi connectivity index (χ0) is 21.6. The molecule has 0 bridgehead atoms. The van der Waals surface area contributed by atoms with Crippen LogP contribution in [0.3, 0.4) is 0 Å². The predicted octanol–water partition coefficient (Wildman–Crippen LogP) is 2.59. The molecule has 1 aliphatic rings. The molecular weight excluding hydrogens is 370 g/mol. The number of benzene rings is 1. The van der Waals surface area contributed by atoms with Crippen LogP contribution >= 0.6 is 0 Å². The van der Waals surface area contributed by atoms with Gasteiger partial charge in [0.05, 0.1) is 19.2 Å². The average molecular weight is 404 g/mol. The minimum Gasteiger partial charge on any atom is -0.465 e. The van der Waals surface area contributed by atoms with Crippen LogP contribution in [-0.4, -0.2) is 55.5 Å². The number of aryl methyl sites for hydroxylation is 1. The summed E-state index contributed by atoms with van der Waals surface area (Å²) >= 11 is 0. The van der Waals surface area contributed by atoms with Crippen molar-refractivity contribution in [1.82, 2.24) is 10.2 Å². The first-order chi connectivity index (χ1) is 13.7. The number of hydrogen-bond acceptors (Lipinski definition) is 5. The summed E-state index contributed by atoms with van der Waals surface area (Å²) in [4.78, 5) is 38.6. The quantitative estimate of drug-likeness (QED) is 0.684. The highest BCUT2D eigenvalue weighted by atomic mass is 16.5. The maximum Gasteiger partial charge on any atom is 0.337 e. The Bertz CT molecular complexity index is 740. The van der Waals surface area contributed by atoms with Crippen molar-refractivity contribution in [2.75, 3.05) is 32.1 Å². The molecule has 0 aromatic heterocycles. The Hall–Kier alpha value is -2.41. The van der Waals surface area contributed by atoms with Gasteiger partial charge in [0.2, 0.25) is 11.8 Å². The number of rotatable bonds is 7. The van der Waals surface area contributed by atoms with Crippen LogP contribution in [-0.2, 0) is 14.3 Å². The van der Waals surface area contributed by atoms with E-state index in [0.717, 1.165) is 18.4 Å². The number of nitrogens with zero attached hydrogens (tertiary/aromatic N) is 1. The maximum atomic E-state index is 12.5. The summed E-state index contributed by atoms with van der Waals surface area (Å²) < 4.78 is 4.73. The molecule has 160 valence electrons. The average Bonchev–Trinajstić information content (AvgIpc) is 2.69. The van der Waals surface area contributed by atoms with E-state index in [2.05, 4.69) is 29.4 Å². The SMILES string of the molecule is COC(=O)c1ccc(C)c(NC(=O)CN2CCC(C(=O)NC(C)C(C)C)CC2)c1. The van der Waals surface area contributed by atoms with Crippen LogP contribution in [0.5, 0.6) is 0 Å². The first-order valence-electron chi connectivity index (χ1n) is 10.2. The number of anilines is 1. The first-order valence-corrected chi connectivity index (χ1v) is 10.2. The zero-order valence-electron chi connectivity index (χ0n) is 18.1. The number of hydrogen-bond donors (Lipinski definition) is 2. The molecular formula is C22H33N3O4. The van der Waals surface area contributed by atoms with Crippen molar-refractivity contribution in [2.24, 2.45) is 11.8 Å². The van der Waals surface area contributed by atoms with Crippen LogP contribution in [0.2, 0.25) is 0 Å². The molecule has 1 heterocycles. The second kappa shape index (κ2) is 10.4. The Balaban J connectivity index is 1.84. The molecule has 1 fully saturated rings. The lowest BCUT2D eigenvalue weighted by molar-refractivity contribution is -0.127. The lowest BCUT2D eigenvalue weighted by Gasteiger charge is -2.31. The van der Waals surface area contributed by atoms with Crippen molar-refractivity contribution in [1.29, 1.82) is 0 Å². The number of ether oxygens (including phenoxy) is 1. The van der Waals surface area contributed by atoms with Crippen molar-refractivity contribution in [2.45, 2.75) is 46.6 Å². The fraction of sp³-hybridized carbons (Fsp3) is 0.591. The van der Waals surface area contributed by atoms with E-state index in [1.165, 1.54) is 7.11 Å². The summed E-state index contributed by atoms with van der Waals surface area (Å²) in [6.45, 7) is 9.77. The van der Waals surface area contributed by atoms with Crippen molar-refractivity contribution < 1.29 is 19.1 Å². The molecule has 1 aromatic carbocycles. The molecule has 1 atom stereocenters. The van der Waals surface area contributed by atoms with Gasteiger partial charge < -0.3 is 15.4 Å². The number of carbonyl (C=O) groups is 3. The van der Waals surface area contributed by atoms with Gasteiger partial charge >= 0.3 is 5.97 Å². The molecule has 2 amide bonds. The molecule has 1 saturated heterocycles. The molecule has 1 unspecified atom stereocenters. The Morgan fingerprint density at radius 3 is 2.41 bits per heavy atom. The number of nitrogens with one attached hydrogen (secondary N) is 2. The number of piperidine rings is 1. The summed E-state index contributed by atoms with van der Waals surface area (Å²) in [7, 11) is 1.33. The zero-order valence-corrected chi connectivity index (χ0v) is 18.1. The van der Waals surface area contributed by atoms with Crippen molar-refractivity contribution in [3.8, 4) is 0 Å². The molecule has 0 saturated carbocycles. The highest BCUT2D eigenvalue weighted by molar-refractivity contribution is 5.96. The summed E-state index contributed by atoms with van der Waals surface area (Å²) in [5.74, 6) is -0.0389. The van der Waals surface area contributed by atoms with Crippen LogP contribution in [0.15, 0.2) is 18.2 Å². The molecule has 0 radical (unpaired) electrons. The minimum absolute atomic E-state index is 0.00879. The van der Waals surface area contributed by atoms with Gasteiger partial charge in [-0.2, -0.15) is 0 Å². The predicted molar refractivity (Wildman–Crippen MR) is 113 cm³/mol. The first kappa shape index (κ1) is 22.9. The van der Waals surface area contributed by atoms with Crippen LogP contribution in [0.25, 0.3) is 0 Å². The second-order valence-corrected chi connectivity index (χ2v) is 8.16. The van der Waals surface area contributed by atoms with Gasteiger partial charge in [-0.25, -0.2) is 4.79 Å². The van der Waals surface area contributed by atoms with E-state index < -0.39 is 5.97 Å². The van der Waals surface area contributed by atoms with Gasteiger partial charge in [0.15, 0.2) is 0 Å². The molecule has 7 heteroatoms. The van der Waals surface area contributed by atoms with Crippen LogP contribution < -0.4 is 10.6 Å². The van der Waals surface area contributed by atoms with E-state index in [1.54, 1.807) is 18.2 Å². The van der Waals surface area contributed by atoms with E-state index in [-0.39, 0.29) is 30.3 Å². The van der Waals surface area contributed by atoms with E-state index in [0.29, 0.717) is 30.3 Å². The number of amides is 2. The van der Waals surface area contributed by atoms with Gasteiger partial charge in [0.1, 0.15) is 0 Å². The molecule has 7 nitrogen and oxygen atoms in total. The normalized spacial score (nSPS) is 16.3. The van der Waals surface area contributed by atoms with Crippen molar-refractivity contribution in [3.63, 3.8) is 0 Å². The lowest BCUT2D eigenvalue weighted by atomic mass is 9.95. The largest absolute Gasteiger partial charge is 0.465 e. The summed E-state index contributed by atoms with van der Waals surface area (Å²) in [5.41, 5.74) is 1.88.